The molecule has 0 radical (unpaired) electrons. The SMILES string of the molecule is Cc1nc(C)c(C)c(NCCC#N)n1. The molecular weight excluding hydrogens is 176 g/mol. The number of nitrogens with one attached hydrogen (secondary N) is 1. The quantitative estimate of drug-likeness (QED) is 0.737. The molecule has 0 saturated heterocycles. The number of aryl methyl sites for hydroxylation is 2. The minimum atomic E-state index is 0.488. The summed E-state index contributed by atoms with van der Waals surface area (Å²) in [7, 11) is 0. The molecule has 1 N–H and O–H groups in total. The van der Waals surface area contributed by atoms with Gasteiger partial charge >= 0.3 is 0 Å². The van der Waals surface area contributed by atoms with Gasteiger partial charge in [0, 0.05) is 17.8 Å². The van der Waals surface area contributed by atoms with Gasteiger partial charge in [0.05, 0.1) is 12.5 Å². The first kappa shape index (κ1) is 10.5. The zero-order valence-electron chi connectivity index (χ0n) is 8.76. The summed E-state index contributed by atoms with van der Waals surface area (Å²) in [5, 5.41) is 11.5. The van der Waals surface area contributed by atoms with Crippen LogP contribution in [0.3, 0.4) is 0 Å². The monoisotopic (exact) mass is 190 g/mol. The van der Waals surface area contributed by atoms with Gasteiger partial charge in [-0.05, 0) is 20.8 Å². The van der Waals surface area contributed by atoms with Crippen LogP contribution in [0, 0.1) is 32.1 Å². The molecule has 1 aromatic rings. The third-order valence-corrected chi connectivity index (χ3v) is 2.03. The topological polar surface area (TPSA) is 61.6 Å². The standard InChI is InChI=1S/C10H14N4/c1-7-8(2)13-9(3)14-10(7)12-6-4-5-11/h4,6H2,1-3H3,(H,12,13,14). The molecular formula is C10H14N4. The first-order valence-electron chi connectivity index (χ1n) is 4.58. The van der Waals surface area contributed by atoms with E-state index in [1.54, 1.807) is 0 Å². The van der Waals surface area contributed by atoms with Crippen LogP contribution < -0.4 is 5.32 Å². The number of aromatic nitrogens is 2. The highest BCUT2D eigenvalue weighted by Gasteiger charge is 2.04. The van der Waals surface area contributed by atoms with Crippen LogP contribution >= 0.6 is 0 Å². The predicted octanol–water partition coefficient (Wildman–Crippen LogP) is 1.73. The number of nitriles is 1. The molecule has 0 atom stereocenters. The van der Waals surface area contributed by atoms with E-state index < -0.39 is 0 Å². The molecule has 0 aliphatic carbocycles. The van der Waals surface area contributed by atoms with E-state index in [1.807, 2.05) is 20.8 Å². The molecule has 4 heteroatoms. The second-order valence-corrected chi connectivity index (χ2v) is 3.16. The minimum Gasteiger partial charge on any atom is -0.369 e. The van der Waals surface area contributed by atoms with Crippen molar-refractivity contribution < 1.29 is 0 Å². The van der Waals surface area contributed by atoms with Crippen LogP contribution in [0.4, 0.5) is 5.82 Å². The van der Waals surface area contributed by atoms with Crippen LogP contribution in [-0.4, -0.2) is 16.5 Å². The molecule has 0 unspecified atom stereocenters. The van der Waals surface area contributed by atoms with Gasteiger partial charge in [0.1, 0.15) is 11.6 Å². The number of anilines is 1. The maximum absolute atomic E-state index is 8.40. The molecule has 0 aromatic carbocycles. The highest BCUT2D eigenvalue weighted by atomic mass is 15.0. The van der Waals surface area contributed by atoms with Crippen LogP contribution in [0.25, 0.3) is 0 Å². The van der Waals surface area contributed by atoms with Crippen LogP contribution in [-0.2, 0) is 0 Å². The number of hydrogen-bond donors (Lipinski definition) is 1. The van der Waals surface area contributed by atoms with Crippen LogP contribution in [0.1, 0.15) is 23.5 Å². The number of nitrogens with zero attached hydrogens (tertiary/aromatic N) is 3. The fraction of sp³-hybridized carbons (Fsp3) is 0.500. The van der Waals surface area contributed by atoms with Crippen LogP contribution in [0.2, 0.25) is 0 Å². The molecule has 1 aromatic heterocycles. The van der Waals surface area contributed by atoms with Crippen molar-refractivity contribution in [2.45, 2.75) is 27.2 Å². The van der Waals surface area contributed by atoms with Gasteiger partial charge in [-0.25, -0.2) is 9.97 Å². The van der Waals surface area contributed by atoms with E-state index in [0.29, 0.717) is 13.0 Å². The average molecular weight is 190 g/mol. The largest absolute Gasteiger partial charge is 0.369 e. The van der Waals surface area contributed by atoms with E-state index in [0.717, 1.165) is 22.9 Å². The molecule has 0 saturated carbocycles. The Bertz CT molecular complexity index is 365. The molecule has 0 spiro atoms. The van der Waals surface area contributed by atoms with Crippen LogP contribution in [0.5, 0.6) is 0 Å². The van der Waals surface area contributed by atoms with Crippen molar-refractivity contribution in [1.29, 1.82) is 5.26 Å². The first-order chi connectivity index (χ1) is 6.65. The normalized spacial score (nSPS) is 9.57. The Morgan fingerprint density at radius 1 is 1.29 bits per heavy atom. The summed E-state index contributed by atoms with van der Waals surface area (Å²) >= 11 is 0. The number of hydrogen-bond acceptors (Lipinski definition) is 4. The zero-order valence-corrected chi connectivity index (χ0v) is 8.76. The first-order valence-corrected chi connectivity index (χ1v) is 4.58. The molecule has 0 bridgehead atoms. The van der Waals surface area contributed by atoms with Crippen molar-refractivity contribution in [3.05, 3.63) is 17.1 Å². The van der Waals surface area contributed by atoms with E-state index in [9.17, 15) is 0 Å². The Kier molecular flexibility index (Phi) is 3.41. The molecule has 4 nitrogen and oxygen atoms in total. The molecule has 0 aliphatic rings. The lowest BCUT2D eigenvalue weighted by Gasteiger charge is -2.09. The van der Waals surface area contributed by atoms with E-state index in [2.05, 4.69) is 21.4 Å². The van der Waals surface area contributed by atoms with Gasteiger partial charge in [0.15, 0.2) is 0 Å². The Balaban J connectivity index is 2.81. The molecule has 14 heavy (non-hydrogen) atoms. The van der Waals surface area contributed by atoms with Gasteiger partial charge in [-0.1, -0.05) is 0 Å². The third kappa shape index (κ3) is 2.43. The van der Waals surface area contributed by atoms with Gasteiger partial charge in [-0.3, -0.25) is 0 Å². The van der Waals surface area contributed by atoms with E-state index in [4.69, 9.17) is 5.26 Å². The second-order valence-electron chi connectivity index (χ2n) is 3.16. The Labute approximate surface area is 84.0 Å². The fourth-order valence-corrected chi connectivity index (χ4v) is 1.18. The molecule has 74 valence electrons. The lowest BCUT2D eigenvalue weighted by molar-refractivity contribution is 0.963. The summed E-state index contributed by atoms with van der Waals surface area (Å²) in [5.74, 6) is 1.60. The Hall–Kier alpha value is -1.63. The van der Waals surface area contributed by atoms with Gasteiger partial charge in [-0.2, -0.15) is 5.26 Å². The smallest absolute Gasteiger partial charge is 0.132 e. The Morgan fingerprint density at radius 3 is 2.64 bits per heavy atom. The van der Waals surface area contributed by atoms with Crippen LogP contribution in [0.15, 0.2) is 0 Å². The summed E-state index contributed by atoms with van der Waals surface area (Å²) in [6.45, 7) is 6.43. The molecule has 0 fully saturated rings. The third-order valence-electron chi connectivity index (χ3n) is 2.03. The maximum atomic E-state index is 8.40. The van der Waals surface area contributed by atoms with E-state index in [-0.39, 0.29) is 0 Å². The van der Waals surface area contributed by atoms with Gasteiger partial charge in [-0.15, -0.1) is 0 Å². The summed E-state index contributed by atoms with van der Waals surface area (Å²) < 4.78 is 0. The van der Waals surface area contributed by atoms with Gasteiger partial charge in [0.2, 0.25) is 0 Å². The summed E-state index contributed by atoms with van der Waals surface area (Å²) in [4.78, 5) is 8.52. The highest BCUT2D eigenvalue weighted by molar-refractivity contribution is 5.45. The summed E-state index contributed by atoms with van der Waals surface area (Å²) in [5.41, 5.74) is 2.03. The molecule has 0 aliphatic heterocycles. The second kappa shape index (κ2) is 4.56. The van der Waals surface area contributed by atoms with E-state index in [1.165, 1.54) is 0 Å². The molecule has 1 rings (SSSR count). The summed E-state index contributed by atoms with van der Waals surface area (Å²) in [6, 6.07) is 2.08. The summed E-state index contributed by atoms with van der Waals surface area (Å²) in [6.07, 6.45) is 0.488. The molecule has 1 heterocycles. The fourth-order valence-electron chi connectivity index (χ4n) is 1.18. The Morgan fingerprint density at radius 2 is 2.00 bits per heavy atom. The van der Waals surface area contributed by atoms with E-state index >= 15 is 0 Å². The predicted molar refractivity (Wildman–Crippen MR) is 55.0 cm³/mol. The maximum Gasteiger partial charge on any atom is 0.132 e. The van der Waals surface area contributed by atoms with Crippen molar-refractivity contribution in [2.75, 3.05) is 11.9 Å². The molecule has 0 amide bonds. The lowest BCUT2D eigenvalue weighted by atomic mass is 10.2. The van der Waals surface area contributed by atoms with Crippen molar-refractivity contribution >= 4 is 5.82 Å². The number of rotatable bonds is 3. The van der Waals surface area contributed by atoms with Crippen molar-refractivity contribution in [1.82, 2.24) is 9.97 Å². The average Bonchev–Trinajstić information content (AvgIpc) is 2.13. The van der Waals surface area contributed by atoms with Crippen molar-refractivity contribution in [3.63, 3.8) is 0 Å². The minimum absolute atomic E-state index is 0.488. The lowest BCUT2D eigenvalue weighted by Crippen LogP contribution is -2.07. The van der Waals surface area contributed by atoms with Crippen molar-refractivity contribution in [3.8, 4) is 6.07 Å². The zero-order chi connectivity index (χ0) is 10.6. The highest BCUT2D eigenvalue weighted by Crippen LogP contribution is 2.13. The van der Waals surface area contributed by atoms with Gasteiger partial charge < -0.3 is 5.32 Å². The van der Waals surface area contributed by atoms with Crippen molar-refractivity contribution in [2.24, 2.45) is 0 Å². The van der Waals surface area contributed by atoms with Gasteiger partial charge in [0.25, 0.3) is 0 Å².